The molecule has 6 heteroatoms. The molecule has 0 aliphatic heterocycles. The summed E-state index contributed by atoms with van der Waals surface area (Å²) in [4.78, 5) is 11.5. The Hall–Kier alpha value is -1.66. The molecule has 1 aromatic carbocycles. The zero-order chi connectivity index (χ0) is 26.4. The molecule has 0 spiro atoms. The van der Waals surface area contributed by atoms with E-state index < -0.39 is 17.2 Å². The number of nitrogens with one attached hydrogen (secondary N) is 1. The van der Waals surface area contributed by atoms with Crippen LogP contribution in [-0.4, -0.2) is 21.8 Å². The van der Waals surface area contributed by atoms with E-state index in [-0.39, 0.29) is 12.3 Å². The second-order valence-corrected chi connectivity index (χ2v) is 11.8. The molecule has 210 valence electrons. The monoisotopic (exact) mass is 533 g/mol. The first-order chi connectivity index (χ1) is 18.1. The van der Waals surface area contributed by atoms with Crippen LogP contribution in [0.25, 0.3) is 6.08 Å². The molecule has 1 aromatic rings. The molecule has 0 bridgehead atoms. The molecule has 0 saturated heterocycles. The molecule has 3 unspecified atom stereocenters. The van der Waals surface area contributed by atoms with Crippen molar-refractivity contribution < 1.29 is 18.3 Å². The first-order valence-corrected chi connectivity index (χ1v) is 16.0. The molecule has 37 heavy (non-hydrogen) atoms. The minimum Gasteiger partial charge on any atom is -0.481 e. The molecular formula is C31H51NO4S. The first-order valence-electron chi connectivity index (χ1n) is 14.9. The highest BCUT2D eigenvalue weighted by molar-refractivity contribution is 7.78. The minimum atomic E-state index is -1.58. The third kappa shape index (κ3) is 17.5. The number of carboxylic acids is 1. The van der Waals surface area contributed by atoms with Crippen LogP contribution in [0.5, 0.6) is 0 Å². The van der Waals surface area contributed by atoms with Crippen LogP contribution in [0.15, 0.2) is 36.6 Å². The van der Waals surface area contributed by atoms with Crippen LogP contribution in [0.4, 0.5) is 0 Å². The Kier molecular flexibility index (Phi) is 18.2. The molecule has 2 N–H and O–H groups in total. The van der Waals surface area contributed by atoms with Gasteiger partial charge in [0.15, 0.2) is 0 Å². The van der Waals surface area contributed by atoms with E-state index in [2.05, 4.69) is 4.72 Å². The quantitative estimate of drug-likeness (QED) is 0.328. The Bertz CT molecular complexity index is 755. The summed E-state index contributed by atoms with van der Waals surface area (Å²) in [7, 11) is 0. The molecule has 0 radical (unpaired) electrons. The van der Waals surface area contributed by atoms with Crippen molar-refractivity contribution in [2.24, 2.45) is 11.8 Å². The van der Waals surface area contributed by atoms with Crippen molar-refractivity contribution in [2.75, 3.05) is 6.54 Å². The van der Waals surface area contributed by atoms with Gasteiger partial charge in [-0.1, -0.05) is 120 Å². The summed E-state index contributed by atoms with van der Waals surface area (Å²) in [5.74, 6) is -0.0671. The lowest BCUT2D eigenvalue weighted by atomic mass is 9.87. The average molecular weight is 534 g/mol. The molecule has 0 heterocycles. The summed E-state index contributed by atoms with van der Waals surface area (Å²) in [6, 6.07) is 9.80. The van der Waals surface area contributed by atoms with E-state index in [4.69, 9.17) is 4.18 Å². The largest absolute Gasteiger partial charge is 0.481 e. The average Bonchev–Trinajstić information content (AvgIpc) is 2.89. The predicted octanol–water partition coefficient (Wildman–Crippen LogP) is 8.58. The van der Waals surface area contributed by atoms with Gasteiger partial charge < -0.3 is 9.29 Å². The maximum absolute atomic E-state index is 12.4. The maximum Gasteiger partial charge on any atom is 0.303 e. The van der Waals surface area contributed by atoms with Gasteiger partial charge >= 0.3 is 5.97 Å². The van der Waals surface area contributed by atoms with E-state index in [1.54, 1.807) is 6.08 Å². The van der Waals surface area contributed by atoms with Gasteiger partial charge in [-0.05, 0) is 49.2 Å². The van der Waals surface area contributed by atoms with Gasteiger partial charge in [-0.3, -0.25) is 4.79 Å². The van der Waals surface area contributed by atoms with Crippen LogP contribution in [0.1, 0.15) is 128 Å². The van der Waals surface area contributed by atoms with E-state index in [1.807, 2.05) is 30.3 Å². The van der Waals surface area contributed by atoms with Crippen LogP contribution in [0.2, 0.25) is 0 Å². The highest BCUT2D eigenvalue weighted by Gasteiger charge is 2.17. The fourth-order valence-electron chi connectivity index (χ4n) is 5.34. The third-order valence-corrected chi connectivity index (χ3v) is 8.30. The van der Waals surface area contributed by atoms with Crippen LogP contribution in [-0.2, 0) is 20.2 Å². The maximum atomic E-state index is 12.4. The van der Waals surface area contributed by atoms with Gasteiger partial charge in [0.2, 0.25) is 0 Å². The summed E-state index contributed by atoms with van der Waals surface area (Å²) < 4.78 is 20.8. The van der Waals surface area contributed by atoms with Gasteiger partial charge in [0.25, 0.3) is 11.3 Å². The number of carbonyl (C=O) groups is 1. The fraction of sp³-hybridized carbons (Fsp3) is 0.710. The molecule has 2 rings (SSSR count). The molecule has 1 saturated carbocycles. The Morgan fingerprint density at radius 1 is 0.784 bits per heavy atom. The van der Waals surface area contributed by atoms with Gasteiger partial charge in [-0.2, -0.15) is 4.21 Å². The summed E-state index contributed by atoms with van der Waals surface area (Å²) in [6.45, 7) is 0.631. The highest BCUT2D eigenvalue weighted by atomic mass is 32.2. The Morgan fingerprint density at radius 3 is 1.81 bits per heavy atom. The van der Waals surface area contributed by atoms with Crippen molar-refractivity contribution >= 4 is 23.3 Å². The lowest BCUT2D eigenvalue weighted by Gasteiger charge is -2.21. The number of hydrogen-bond donors (Lipinski definition) is 2. The Balaban J connectivity index is 1.84. The van der Waals surface area contributed by atoms with Gasteiger partial charge in [-0.15, -0.1) is 0 Å². The van der Waals surface area contributed by atoms with Crippen LogP contribution < -0.4 is 4.72 Å². The van der Waals surface area contributed by atoms with Crippen molar-refractivity contribution in [3.05, 3.63) is 42.2 Å². The number of benzene rings is 1. The molecule has 1 aliphatic carbocycles. The number of carboxylic acid groups (broad SMARTS) is 1. The number of hydrogen-bond acceptors (Lipinski definition) is 3. The highest BCUT2D eigenvalue weighted by Crippen LogP contribution is 2.25. The lowest BCUT2D eigenvalue weighted by molar-refractivity contribution is -0.138. The zero-order valence-electron chi connectivity index (χ0n) is 22.9. The van der Waals surface area contributed by atoms with Gasteiger partial charge in [0.05, 0.1) is 0 Å². The van der Waals surface area contributed by atoms with Crippen molar-refractivity contribution in [1.82, 2.24) is 4.72 Å². The SMILES string of the molecule is O=C(O)CC1CCCCCCCCCCCCCCCCC(CNS(=O)O/C=C/c2ccccc2)CC1. The first kappa shape index (κ1) is 31.6. The molecule has 3 atom stereocenters. The molecule has 1 aliphatic rings. The van der Waals surface area contributed by atoms with E-state index in [0.29, 0.717) is 12.5 Å². The van der Waals surface area contributed by atoms with Crippen molar-refractivity contribution in [2.45, 2.75) is 122 Å². The minimum absolute atomic E-state index is 0.237. The number of rotatable bonds is 8. The Labute approximate surface area is 228 Å². The van der Waals surface area contributed by atoms with Crippen molar-refractivity contribution in [1.29, 1.82) is 0 Å². The lowest BCUT2D eigenvalue weighted by Crippen LogP contribution is -2.26. The molecular weight excluding hydrogens is 482 g/mol. The van der Waals surface area contributed by atoms with Gasteiger partial charge in [0.1, 0.15) is 6.26 Å². The van der Waals surface area contributed by atoms with E-state index in [0.717, 1.165) is 37.7 Å². The number of aliphatic carboxylic acids is 1. The van der Waals surface area contributed by atoms with E-state index in [9.17, 15) is 14.1 Å². The molecule has 5 nitrogen and oxygen atoms in total. The van der Waals surface area contributed by atoms with Gasteiger partial charge in [-0.25, -0.2) is 4.72 Å². The third-order valence-electron chi connectivity index (χ3n) is 7.61. The topological polar surface area (TPSA) is 75.6 Å². The Morgan fingerprint density at radius 2 is 1.27 bits per heavy atom. The fourth-order valence-corrected chi connectivity index (χ4v) is 5.94. The van der Waals surface area contributed by atoms with Crippen molar-refractivity contribution in [3.8, 4) is 0 Å². The second-order valence-electron chi connectivity index (χ2n) is 10.8. The van der Waals surface area contributed by atoms with Crippen LogP contribution in [0, 0.1) is 11.8 Å². The zero-order valence-corrected chi connectivity index (χ0v) is 23.7. The summed E-state index contributed by atoms with van der Waals surface area (Å²) >= 11 is -1.58. The summed E-state index contributed by atoms with van der Waals surface area (Å²) in [5, 5.41) is 9.44. The molecule has 1 fully saturated rings. The van der Waals surface area contributed by atoms with Crippen LogP contribution >= 0.6 is 0 Å². The molecule has 0 aromatic heterocycles. The van der Waals surface area contributed by atoms with Crippen LogP contribution in [0.3, 0.4) is 0 Å². The normalized spacial score (nSPS) is 23.2. The van der Waals surface area contributed by atoms with E-state index >= 15 is 0 Å². The smallest absolute Gasteiger partial charge is 0.303 e. The van der Waals surface area contributed by atoms with Gasteiger partial charge in [0, 0.05) is 13.0 Å². The summed E-state index contributed by atoms with van der Waals surface area (Å²) in [6.07, 6.45) is 25.7. The summed E-state index contributed by atoms with van der Waals surface area (Å²) in [5.41, 5.74) is 0.999. The van der Waals surface area contributed by atoms with Crippen molar-refractivity contribution in [3.63, 3.8) is 0 Å². The predicted molar refractivity (Wildman–Crippen MR) is 155 cm³/mol. The molecule has 0 amide bonds. The standard InChI is InChI=1S/C31H51NO4S/c33-31(34)26-29-20-14-11-9-7-5-3-1-2-4-6-8-10-12-15-21-30(23-22-29)27-32-37(35)36-25-24-28-18-16-13-17-19-28/h13,16-19,24-25,29-30,32H,1-12,14-15,20-23,26-27H2,(H,33,34)/b25-24+. The second kappa shape index (κ2) is 21.3. The van der Waals surface area contributed by atoms with E-state index in [1.165, 1.54) is 89.7 Å².